The Bertz CT molecular complexity index is 821. The van der Waals surface area contributed by atoms with E-state index in [-0.39, 0.29) is 5.92 Å². The van der Waals surface area contributed by atoms with Gasteiger partial charge in [-0.3, -0.25) is 4.68 Å². The normalized spacial score (nSPS) is 12.7. The van der Waals surface area contributed by atoms with E-state index < -0.39 is 0 Å². The van der Waals surface area contributed by atoms with Crippen molar-refractivity contribution < 1.29 is 0 Å². The average Bonchev–Trinajstić information content (AvgIpc) is 3.16. The fourth-order valence-corrected chi connectivity index (χ4v) is 2.86. The van der Waals surface area contributed by atoms with E-state index in [0.29, 0.717) is 0 Å². The summed E-state index contributed by atoms with van der Waals surface area (Å²) >= 11 is 0. The lowest BCUT2D eigenvalue weighted by molar-refractivity contribution is 0.678. The van der Waals surface area contributed by atoms with Crippen LogP contribution in [0.25, 0.3) is 17.9 Å². The molecule has 22 heavy (non-hydrogen) atoms. The summed E-state index contributed by atoms with van der Waals surface area (Å²) in [7, 11) is 2.02. The number of aromatic nitrogens is 5. The number of hydrogen-bond acceptors (Lipinski definition) is 2. The molecule has 0 saturated carbocycles. The minimum atomic E-state index is 0.281. The molecule has 3 aromatic rings. The highest BCUT2D eigenvalue weighted by molar-refractivity contribution is 5.44. The van der Waals surface area contributed by atoms with Crippen molar-refractivity contribution in [3.63, 3.8) is 0 Å². The zero-order valence-corrected chi connectivity index (χ0v) is 13.3. The van der Waals surface area contributed by atoms with Gasteiger partial charge in [0.05, 0.1) is 17.1 Å². The summed E-state index contributed by atoms with van der Waals surface area (Å²) in [6, 6.07) is 2.03. The summed E-state index contributed by atoms with van der Waals surface area (Å²) in [4.78, 5) is 9.35. The number of aryl methyl sites for hydroxylation is 2. The quantitative estimate of drug-likeness (QED) is 0.725. The third-order valence-electron chi connectivity index (χ3n) is 4.12. The van der Waals surface area contributed by atoms with Crippen LogP contribution in [0.4, 0.5) is 0 Å². The smallest absolute Gasteiger partial charge is 0.153 e. The van der Waals surface area contributed by atoms with Gasteiger partial charge in [0, 0.05) is 37.6 Å². The molecule has 0 aliphatic rings. The molecule has 1 unspecified atom stereocenters. The predicted molar refractivity (Wildman–Crippen MR) is 89.7 cm³/mol. The summed E-state index contributed by atoms with van der Waals surface area (Å²) in [6.07, 6.45) is 8.38. The molecular weight excluding hydrogens is 274 g/mol. The van der Waals surface area contributed by atoms with Crippen LogP contribution >= 0.6 is 0 Å². The van der Waals surface area contributed by atoms with Crippen LogP contribution in [0.15, 0.2) is 31.6 Å². The van der Waals surface area contributed by atoms with Crippen LogP contribution in [0.2, 0.25) is 0 Å². The van der Waals surface area contributed by atoms with Crippen LogP contribution in [-0.2, 0) is 13.5 Å². The van der Waals surface area contributed by atoms with Crippen molar-refractivity contribution in [1.82, 2.24) is 23.7 Å². The van der Waals surface area contributed by atoms with Gasteiger partial charge in [-0.1, -0.05) is 20.1 Å². The maximum absolute atomic E-state index is 4.74. The number of nitrogens with zero attached hydrogens (tertiary/aromatic N) is 5. The highest BCUT2D eigenvalue weighted by Crippen LogP contribution is 2.23. The predicted octanol–water partition coefficient (Wildman–Crippen LogP) is 3.27. The Hall–Kier alpha value is -2.56. The lowest BCUT2D eigenvalue weighted by Crippen LogP contribution is -2.03. The Morgan fingerprint density at radius 1 is 1.32 bits per heavy atom. The van der Waals surface area contributed by atoms with E-state index in [1.54, 1.807) is 12.3 Å². The standard InChI is InChI=1S/C17H21N5/c1-6-16-19-15(11-21(16)7-2)12(3)10-14-13(4)22-17(18-14)8-9-20(22)5/h6-9,11-12H,1-2,10H2,3-5H3. The second-order valence-corrected chi connectivity index (χ2v) is 5.63. The zero-order chi connectivity index (χ0) is 15.9. The van der Waals surface area contributed by atoms with Crippen LogP contribution in [0, 0.1) is 6.92 Å². The minimum absolute atomic E-state index is 0.281. The average molecular weight is 295 g/mol. The SMILES string of the molecule is C=Cc1nc(C(C)Cc2nc3ccn(C)n3c2C)cn1C=C. The molecule has 1 atom stereocenters. The minimum Gasteiger partial charge on any atom is -0.307 e. The van der Waals surface area contributed by atoms with Gasteiger partial charge in [0.2, 0.25) is 0 Å². The lowest BCUT2D eigenvalue weighted by atomic mass is 10.0. The number of rotatable bonds is 5. The number of fused-ring (bicyclic) bond motifs is 1. The molecular formula is C17H21N5. The molecule has 0 bridgehead atoms. The van der Waals surface area contributed by atoms with Crippen LogP contribution in [0.3, 0.4) is 0 Å². The van der Waals surface area contributed by atoms with E-state index in [1.165, 1.54) is 5.69 Å². The van der Waals surface area contributed by atoms with E-state index in [2.05, 4.69) is 36.5 Å². The van der Waals surface area contributed by atoms with Crippen molar-refractivity contribution in [2.45, 2.75) is 26.2 Å². The van der Waals surface area contributed by atoms with Crippen molar-refractivity contribution in [3.05, 3.63) is 54.5 Å². The maximum atomic E-state index is 4.74. The highest BCUT2D eigenvalue weighted by atomic mass is 15.4. The van der Waals surface area contributed by atoms with Gasteiger partial charge in [-0.25, -0.2) is 14.5 Å². The van der Waals surface area contributed by atoms with Gasteiger partial charge in [0.1, 0.15) is 5.82 Å². The van der Waals surface area contributed by atoms with Gasteiger partial charge >= 0.3 is 0 Å². The first-order valence-corrected chi connectivity index (χ1v) is 7.38. The molecule has 0 amide bonds. The molecule has 0 saturated heterocycles. The van der Waals surface area contributed by atoms with E-state index >= 15 is 0 Å². The van der Waals surface area contributed by atoms with Crippen LogP contribution in [-0.4, -0.2) is 23.7 Å². The van der Waals surface area contributed by atoms with E-state index in [9.17, 15) is 0 Å². The fraction of sp³-hybridized carbons (Fsp3) is 0.294. The second kappa shape index (κ2) is 5.33. The molecule has 3 heterocycles. The van der Waals surface area contributed by atoms with Crippen molar-refractivity contribution in [1.29, 1.82) is 0 Å². The summed E-state index contributed by atoms with van der Waals surface area (Å²) in [6.45, 7) is 11.9. The molecule has 0 N–H and O–H groups in total. The molecule has 3 rings (SSSR count). The molecule has 3 aromatic heterocycles. The highest BCUT2D eigenvalue weighted by Gasteiger charge is 2.17. The summed E-state index contributed by atoms with van der Waals surface area (Å²) in [5.74, 6) is 1.10. The summed E-state index contributed by atoms with van der Waals surface area (Å²) < 4.78 is 6.07. The van der Waals surface area contributed by atoms with E-state index in [1.807, 2.05) is 34.8 Å². The zero-order valence-electron chi connectivity index (χ0n) is 13.3. The Kier molecular flexibility index (Phi) is 3.48. The van der Waals surface area contributed by atoms with Gasteiger partial charge in [0.15, 0.2) is 5.65 Å². The Morgan fingerprint density at radius 2 is 2.09 bits per heavy atom. The molecule has 114 valence electrons. The third kappa shape index (κ3) is 2.19. The topological polar surface area (TPSA) is 40.1 Å². The van der Waals surface area contributed by atoms with Crippen molar-refractivity contribution in [3.8, 4) is 0 Å². The Balaban J connectivity index is 1.90. The molecule has 0 aliphatic heterocycles. The summed E-state index contributed by atoms with van der Waals surface area (Å²) in [5.41, 5.74) is 4.32. The van der Waals surface area contributed by atoms with Crippen molar-refractivity contribution >= 4 is 17.9 Å². The van der Waals surface area contributed by atoms with Crippen LogP contribution in [0.5, 0.6) is 0 Å². The van der Waals surface area contributed by atoms with E-state index in [4.69, 9.17) is 4.98 Å². The fourth-order valence-electron chi connectivity index (χ4n) is 2.86. The molecule has 0 radical (unpaired) electrons. The van der Waals surface area contributed by atoms with Gasteiger partial charge in [-0.05, 0) is 19.4 Å². The lowest BCUT2D eigenvalue weighted by Gasteiger charge is -2.07. The maximum Gasteiger partial charge on any atom is 0.153 e. The summed E-state index contributed by atoms with van der Waals surface area (Å²) in [5, 5.41) is 0. The second-order valence-electron chi connectivity index (χ2n) is 5.63. The first-order chi connectivity index (χ1) is 10.5. The number of hydrogen-bond donors (Lipinski definition) is 0. The van der Waals surface area contributed by atoms with Crippen molar-refractivity contribution in [2.24, 2.45) is 7.05 Å². The van der Waals surface area contributed by atoms with Crippen LogP contribution in [0.1, 0.15) is 35.7 Å². The van der Waals surface area contributed by atoms with Crippen molar-refractivity contribution in [2.75, 3.05) is 0 Å². The third-order valence-corrected chi connectivity index (χ3v) is 4.12. The number of imidazole rings is 2. The van der Waals surface area contributed by atoms with E-state index in [0.717, 1.165) is 29.3 Å². The van der Waals surface area contributed by atoms with Crippen LogP contribution < -0.4 is 0 Å². The van der Waals surface area contributed by atoms with Gasteiger partial charge in [0.25, 0.3) is 0 Å². The molecule has 5 heteroatoms. The Morgan fingerprint density at radius 3 is 2.68 bits per heavy atom. The van der Waals surface area contributed by atoms with Gasteiger partial charge < -0.3 is 4.57 Å². The first-order valence-electron chi connectivity index (χ1n) is 7.38. The Labute approximate surface area is 130 Å². The molecule has 0 spiro atoms. The molecule has 0 aliphatic carbocycles. The first kappa shape index (κ1) is 14.4. The monoisotopic (exact) mass is 295 g/mol. The molecule has 0 aromatic carbocycles. The molecule has 5 nitrogen and oxygen atoms in total. The largest absolute Gasteiger partial charge is 0.307 e. The molecule has 0 fully saturated rings. The van der Waals surface area contributed by atoms with Gasteiger partial charge in [-0.15, -0.1) is 0 Å². The van der Waals surface area contributed by atoms with Gasteiger partial charge in [-0.2, -0.15) is 0 Å².